The van der Waals surface area contributed by atoms with Gasteiger partial charge >= 0.3 is 0 Å². The third kappa shape index (κ3) is 1.66. The Morgan fingerprint density at radius 1 is 1.26 bits per heavy atom. The number of hydrazone groups is 1. The molecule has 0 amide bonds. The molecule has 1 unspecified atom stereocenters. The lowest BCUT2D eigenvalue weighted by Gasteiger charge is -2.26. The average molecular weight is 266 g/mol. The van der Waals surface area contributed by atoms with Crippen LogP contribution in [0.4, 0.5) is 0 Å². The summed E-state index contributed by atoms with van der Waals surface area (Å²) < 4.78 is 0. The Morgan fingerprint density at radius 2 is 2.26 bits per heavy atom. The molecule has 4 rings (SSSR count). The highest BCUT2D eigenvalue weighted by atomic mass is 32.2. The number of nitrogens with zero attached hydrogens (tertiary/aromatic N) is 4. The highest BCUT2D eigenvalue weighted by Gasteiger charge is 2.26. The summed E-state index contributed by atoms with van der Waals surface area (Å²) in [5, 5.41) is 7.78. The van der Waals surface area contributed by atoms with Crippen molar-refractivity contribution >= 4 is 33.9 Å². The first kappa shape index (κ1) is 10.8. The minimum Gasteiger partial charge on any atom is -0.247 e. The van der Waals surface area contributed by atoms with Crippen molar-refractivity contribution in [2.75, 3.05) is 0 Å². The third-order valence-electron chi connectivity index (χ3n) is 3.22. The zero-order valence-corrected chi connectivity index (χ0v) is 10.8. The van der Waals surface area contributed by atoms with Gasteiger partial charge in [-0.1, -0.05) is 30.0 Å². The van der Waals surface area contributed by atoms with Crippen LogP contribution in [-0.4, -0.2) is 25.9 Å². The molecule has 0 radical (unpaired) electrons. The van der Waals surface area contributed by atoms with E-state index in [2.05, 4.69) is 39.4 Å². The second-order valence-corrected chi connectivity index (χ2v) is 5.26. The standard InChI is InChI=1S/C14H10N4S/c1-3-10(11-7-15-8-16-12(11)4-1)13-5-2-6-14-18(13)17-9-19-14/h1-9,14H. The lowest BCUT2D eigenvalue weighted by Crippen LogP contribution is -2.23. The van der Waals surface area contributed by atoms with Crippen LogP contribution in [0.2, 0.25) is 0 Å². The summed E-state index contributed by atoms with van der Waals surface area (Å²) in [6, 6.07) is 6.11. The van der Waals surface area contributed by atoms with Gasteiger partial charge in [-0.2, -0.15) is 5.10 Å². The predicted molar refractivity (Wildman–Crippen MR) is 78.4 cm³/mol. The molecule has 92 valence electrons. The van der Waals surface area contributed by atoms with Crippen molar-refractivity contribution in [2.24, 2.45) is 5.10 Å². The van der Waals surface area contributed by atoms with Gasteiger partial charge < -0.3 is 0 Å². The first-order valence-corrected chi connectivity index (χ1v) is 6.92. The summed E-state index contributed by atoms with van der Waals surface area (Å²) in [4.78, 5) is 8.44. The summed E-state index contributed by atoms with van der Waals surface area (Å²) in [6.07, 6.45) is 9.75. The van der Waals surface area contributed by atoms with Gasteiger partial charge in [0.25, 0.3) is 0 Å². The fraction of sp³-hybridized carbons (Fsp3) is 0.0714. The molecule has 0 spiro atoms. The topological polar surface area (TPSA) is 41.4 Å². The maximum absolute atomic E-state index is 4.43. The van der Waals surface area contributed by atoms with Crippen LogP contribution in [0.25, 0.3) is 16.6 Å². The minimum atomic E-state index is 0.264. The van der Waals surface area contributed by atoms with Crippen molar-refractivity contribution in [1.82, 2.24) is 15.0 Å². The Morgan fingerprint density at radius 3 is 3.26 bits per heavy atom. The van der Waals surface area contributed by atoms with E-state index in [4.69, 9.17) is 0 Å². The Hall–Kier alpha value is -2.14. The third-order valence-corrected chi connectivity index (χ3v) is 4.07. The highest BCUT2D eigenvalue weighted by molar-refractivity contribution is 8.12. The molecule has 1 aromatic carbocycles. The lowest BCUT2D eigenvalue weighted by atomic mass is 10.0. The van der Waals surface area contributed by atoms with Crippen molar-refractivity contribution < 1.29 is 0 Å². The van der Waals surface area contributed by atoms with E-state index in [1.165, 1.54) is 0 Å². The molecule has 0 saturated heterocycles. The van der Waals surface area contributed by atoms with Crippen molar-refractivity contribution in [3.63, 3.8) is 0 Å². The van der Waals surface area contributed by atoms with Crippen LogP contribution in [0.15, 0.2) is 54.1 Å². The van der Waals surface area contributed by atoms with Crippen LogP contribution >= 0.6 is 11.8 Å². The van der Waals surface area contributed by atoms with E-state index in [1.807, 2.05) is 28.9 Å². The number of fused-ring (bicyclic) bond motifs is 2. The summed E-state index contributed by atoms with van der Waals surface area (Å²) in [7, 11) is 0. The van der Waals surface area contributed by atoms with Crippen LogP contribution < -0.4 is 0 Å². The van der Waals surface area contributed by atoms with Gasteiger partial charge in [0.2, 0.25) is 0 Å². The smallest absolute Gasteiger partial charge is 0.122 e. The summed E-state index contributed by atoms with van der Waals surface area (Å²) in [5.74, 6) is 0. The summed E-state index contributed by atoms with van der Waals surface area (Å²) in [6.45, 7) is 0. The van der Waals surface area contributed by atoms with E-state index in [0.29, 0.717) is 0 Å². The van der Waals surface area contributed by atoms with E-state index < -0.39 is 0 Å². The lowest BCUT2D eigenvalue weighted by molar-refractivity contribution is 0.449. The van der Waals surface area contributed by atoms with Crippen LogP contribution in [0.3, 0.4) is 0 Å². The van der Waals surface area contributed by atoms with E-state index in [9.17, 15) is 0 Å². The van der Waals surface area contributed by atoms with Crippen LogP contribution in [0.1, 0.15) is 5.56 Å². The molecule has 5 heteroatoms. The molecule has 0 saturated carbocycles. The molecule has 0 N–H and O–H groups in total. The van der Waals surface area contributed by atoms with Gasteiger partial charge in [0.15, 0.2) is 0 Å². The van der Waals surface area contributed by atoms with Crippen LogP contribution in [0, 0.1) is 0 Å². The Balaban J connectivity index is 1.93. The van der Waals surface area contributed by atoms with E-state index in [1.54, 1.807) is 18.1 Å². The second-order valence-electron chi connectivity index (χ2n) is 4.29. The van der Waals surface area contributed by atoms with E-state index >= 15 is 0 Å². The van der Waals surface area contributed by atoms with Crippen LogP contribution in [0.5, 0.6) is 0 Å². The summed E-state index contributed by atoms with van der Waals surface area (Å²) in [5.41, 5.74) is 5.05. The maximum Gasteiger partial charge on any atom is 0.122 e. The van der Waals surface area contributed by atoms with Gasteiger partial charge in [-0.3, -0.25) is 0 Å². The number of benzene rings is 1. The monoisotopic (exact) mass is 266 g/mol. The number of allylic oxidation sites excluding steroid dienone is 2. The fourth-order valence-electron chi connectivity index (χ4n) is 2.35. The first-order valence-electron chi connectivity index (χ1n) is 5.98. The predicted octanol–water partition coefficient (Wildman–Crippen LogP) is 2.86. The van der Waals surface area contributed by atoms with Gasteiger partial charge in [-0.15, -0.1) is 0 Å². The fourth-order valence-corrected chi connectivity index (χ4v) is 3.09. The van der Waals surface area contributed by atoms with Gasteiger partial charge in [0.05, 0.1) is 16.8 Å². The van der Waals surface area contributed by atoms with Crippen molar-refractivity contribution in [2.45, 2.75) is 5.37 Å². The van der Waals surface area contributed by atoms with Crippen molar-refractivity contribution in [3.05, 3.63) is 54.5 Å². The molecule has 3 heterocycles. The molecule has 1 aromatic heterocycles. The number of thioether (sulfide) groups is 1. The summed E-state index contributed by atoms with van der Waals surface area (Å²) >= 11 is 1.71. The molecular weight excluding hydrogens is 256 g/mol. The number of aromatic nitrogens is 2. The molecule has 2 aliphatic rings. The second kappa shape index (κ2) is 4.20. The molecule has 0 fully saturated rings. The van der Waals surface area contributed by atoms with Gasteiger partial charge in [-0.25, -0.2) is 15.0 Å². The molecule has 2 aromatic rings. The minimum absolute atomic E-state index is 0.264. The highest BCUT2D eigenvalue weighted by Crippen LogP contribution is 2.36. The molecule has 2 aliphatic heterocycles. The Bertz CT molecular complexity index is 730. The molecule has 0 aliphatic carbocycles. The quantitative estimate of drug-likeness (QED) is 0.796. The molecule has 4 nitrogen and oxygen atoms in total. The zero-order valence-electron chi connectivity index (χ0n) is 9.97. The van der Waals surface area contributed by atoms with E-state index in [0.717, 1.165) is 22.2 Å². The molecular formula is C14H10N4S. The van der Waals surface area contributed by atoms with Crippen molar-refractivity contribution in [1.29, 1.82) is 0 Å². The number of hydrogen-bond donors (Lipinski definition) is 0. The van der Waals surface area contributed by atoms with Gasteiger partial charge in [-0.05, 0) is 18.2 Å². The normalized spacial score (nSPS) is 20.7. The van der Waals surface area contributed by atoms with Gasteiger partial charge in [0, 0.05) is 17.1 Å². The Labute approximate surface area is 114 Å². The molecule has 0 bridgehead atoms. The van der Waals surface area contributed by atoms with Gasteiger partial charge in [0.1, 0.15) is 11.7 Å². The van der Waals surface area contributed by atoms with E-state index in [-0.39, 0.29) is 5.37 Å². The van der Waals surface area contributed by atoms with Crippen molar-refractivity contribution in [3.8, 4) is 0 Å². The number of rotatable bonds is 1. The Kier molecular flexibility index (Phi) is 2.38. The zero-order chi connectivity index (χ0) is 12.7. The SMILES string of the molecule is C1=CC2SC=NN2C(c2cccc3ncncc23)=C1. The largest absolute Gasteiger partial charge is 0.247 e. The first-order chi connectivity index (χ1) is 9.43. The molecule has 19 heavy (non-hydrogen) atoms. The number of hydrogen-bond acceptors (Lipinski definition) is 5. The van der Waals surface area contributed by atoms with Crippen LogP contribution in [-0.2, 0) is 0 Å². The average Bonchev–Trinajstić information content (AvgIpc) is 2.95. The molecule has 1 atom stereocenters. The maximum atomic E-state index is 4.43.